The highest BCUT2D eigenvalue weighted by Crippen LogP contribution is 2.28. The summed E-state index contributed by atoms with van der Waals surface area (Å²) >= 11 is 0. The van der Waals surface area contributed by atoms with Crippen molar-refractivity contribution >= 4 is 17.8 Å². The standard InChI is InChI=1S/C20H19NO5/c1-3-8-26-20(25)16-10-13(9-12(2)17(16)22)11-21-18(23)14-6-4-5-7-15(14)19(21)24/h4-7,9-10,22H,3,8,11H2,1-2H3. The summed E-state index contributed by atoms with van der Waals surface area (Å²) < 4.78 is 5.08. The fourth-order valence-electron chi connectivity index (χ4n) is 2.94. The van der Waals surface area contributed by atoms with Crippen molar-refractivity contribution in [3.8, 4) is 5.75 Å². The quantitative estimate of drug-likeness (QED) is 0.660. The number of carbonyl (C=O) groups is 3. The number of hydrogen-bond acceptors (Lipinski definition) is 5. The molecule has 1 aliphatic rings. The van der Waals surface area contributed by atoms with Crippen LogP contribution < -0.4 is 0 Å². The predicted molar refractivity (Wildman–Crippen MR) is 94.1 cm³/mol. The number of esters is 1. The Hall–Kier alpha value is -3.15. The van der Waals surface area contributed by atoms with E-state index in [9.17, 15) is 19.5 Å². The Kier molecular flexibility index (Phi) is 4.75. The maximum atomic E-state index is 12.5. The second-order valence-corrected chi connectivity index (χ2v) is 6.19. The number of fused-ring (bicyclic) bond motifs is 1. The number of benzene rings is 2. The lowest BCUT2D eigenvalue weighted by Gasteiger charge is -2.16. The van der Waals surface area contributed by atoms with Gasteiger partial charge in [0.05, 0.1) is 24.3 Å². The number of carbonyl (C=O) groups excluding carboxylic acids is 3. The van der Waals surface area contributed by atoms with Gasteiger partial charge in [0.1, 0.15) is 11.3 Å². The summed E-state index contributed by atoms with van der Waals surface area (Å²) in [6, 6.07) is 9.76. The molecule has 0 aliphatic carbocycles. The zero-order valence-corrected chi connectivity index (χ0v) is 14.6. The van der Waals surface area contributed by atoms with E-state index in [1.807, 2.05) is 6.92 Å². The Morgan fingerprint density at radius 1 is 1.12 bits per heavy atom. The lowest BCUT2D eigenvalue weighted by molar-refractivity contribution is 0.0501. The second kappa shape index (κ2) is 7.00. The number of amides is 2. The summed E-state index contributed by atoms with van der Waals surface area (Å²) in [4.78, 5) is 38.3. The minimum absolute atomic E-state index is 0.0154. The predicted octanol–water partition coefficient (Wildman–Crippen LogP) is 3.06. The first kappa shape index (κ1) is 17.7. The third-order valence-corrected chi connectivity index (χ3v) is 4.24. The molecule has 6 heteroatoms. The van der Waals surface area contributed by atoms with Crippen LogP contribution in [0.15, 0.2) is 36.4 Å². The molecule has 1 heterocycles. The van der Waals surface area contributed by atoms with Gasteiger partial charge >= 0.3 is 5.97 Å². The molecule has 0 fully saturated rings. The van der Waals surface area contributed by atoms with E-state index in [0.29, 0.717) is 28.7 Å². The van der Waals surface area contributed by atoms with Crippen molar-refractivity contribution in [2.75, 3.05) is 6.61 Å². The molecule has 1 N–H and O–H groups in total. The van der Waals surface area contributed by atoms with Gasteiger partial charge in [0.2, 0.25) is 0 Å². The average molecular weight is 353 g/mol. The molecule has 0 aromatic heterocycles. The van der Waals surface area contributed by atoms with Crippen molar-refractivity contribution in [1.29, 1.82) is 0 Å². The van der Waals surface area contributed by atoms with Crippen molar-refractivity contribution < 1.29 is 24.2 Å². The minimum Gasteiger partial charge on any atom is -0.507 e. The van der Waals surface area contributed by atoms with E-state index in [1.165, 1.54) is 6.07 Å². The highest BCUT2D eigenvalue weighted by molar-refractivity contribution is 6.21. The first-order valence-electron chi connectivity index (χ1n) is 8.38. The van der Waals surface area contributed by atoms with Crippen molar-refractivity contribution in [2.45, 2.75) is 26.8 Å². The molecule has 134 valence electrons. The Morgan fingerprint density at radius 3 is 2.31 bits per heavy atom. The van der Waals surface area contributed by atoms with Gasteiger partial charge in [-0.05, 0) is 42.7 Å². The molecule has 0 radical (unpaired) electrons. The van der Waals surface area contributed by atoms with Gasteiger partial charge in [-0.15, -0.1) is 0 Å². The third kappa shape index (κ3) is 3.06. The fourth-order valence-corrected chi connectivity index (χ4v) is 2.94. The van der Waals surface area contributed by atoms with Crippen LogP contribution in [0.25, 0.3) is 0 Å². The third-order valence-electron chi connectivity index (χ3n) is 4.24. The van der Waals surface area contributed by atoms with E-state index in [-0.39, 0.29) is 36.3 Å². The number of aryl methyl sites for hydroxylation is 1. The van der Waals surface area contributed by atoms with Crippen molar-refractivity contribution in [2.24, 2.45) is 0 Å². The lowest BCUT2D eigenvalue weighted by atomic mass is 10.0. The highest BCUT2D eigenvalue weighted by atomic mass is 16.5. The van der Waals surface area contributed by atoms with Gasteiger partial charge in [-0.25, -0.2) is 4.79 Å². The largest absolute Gasteiger partial charge is 0.507 e. The molecular weight excluding hydrogens is 334 g/mol. The van der Waals surface area contributed by atoms with Gasteiger partial charge in [-0.3, -0.25) is 14.5 Å². The molecule has 2 aromatic carbocycles. The van der Waals surface area contributed by atoms with E-state index >= 15 is 0 Å². The smallest absolute Gasteiger partial charge is 0.341 e. The lowest BCUT2D eigenvalue weighted by Crippen LogP contribution is -2.29. The van der Waals surface area contributed by atoms with Crippen LogP contribution in [0.2, 0.25) is 0 Å². The van der Waals surface area contributed by atoms with E-state index in [2.05, 4.69) is 0 Å². The maximum absolute atomic E-state index is 12.5. The SMILES string of the molecule is CCCOC(=O)c1cc(CN2C(=O)c3ccccc3C2=O)cc(C)c1O. The molecule has 0 bridgehead atoms. The number of phenolic OH excluding ortho intramolecular Hbond substituents is 1. The van der Waals surface area contributed by atoms with Crippen LogP contribution in [-0.4, -0.2) is 34.4 Å². The van der Waals surface area contributed by atoms with Gasteiger partial charge in [-0.1, -0.05) is 25.1 Å². The molecular formula is C20H19NO5. The minimum atomic E-state index is -0.628. The summed E-state index contributed by atoms with van der Waals surface area (Å²) in [5.74, 6) is -1.52. The molecule has 0 saturated carbocycles. The van der Waals surface area contributed by atoms with Crippen LogP contribution in [0.3, 0.4) is 0 Å². The van der Waals surface area contributed by atoms with E-state index in [1.54, 1.807) is 37.3 Å². The molecule has 0 atom stereocenters. The number of rotatable bonds is 5. The van der Waals surface area contributed by atoms with Crippen LogP contribution >= 0.6 is 0 Å². The number of ether oxygens (including phenoxy) is 1. The summed E-state index contributed by atoms with van der Waals surface area (Å²) in [6.45, 7) is 3.79. The topological polar surface area (TPSA) is 83.9 Å². The van der Waals surface area contributed by atoms with E-state index in [4.69, 9.17) is 4.74 Å². The molecule has 0 unspecified atom stereocenters. The average Bonchev–Trinajstić information content (AvgIpc) is 2.87. The first-order chi connectivity index (χ1) is 12.4. The van der Waals surface area contributed by atoms with Crippen molar-refractivity contribution in [1.82, 2.24) is 4.90 Å². The molecule has 6 nitrogen and oxygen atoms in total. The monoisotopic (exact) mass is 353 g/mol. The molecule has 2 aromatic rings. The number of nitrogens with zero attached hydrogens (tertiary/aromatic N) is 1. The van der Waals surface area contributed by atoms with E-state index < -0.39 is 5.97 Å². The van der Waals surface area contributed by atoms with Crippen LogP contribution in [0.1, 0.15) is 55.5 Å². The summed E-state index contributed by atoms with van der Waals surface area (Å²) in [7, 11) is 0. The Morgan fingerprint density at radius 2 is 1.73 bits per heavy atom. The van der Waals surface area contributed by atoms with Gasteiger partial charge < -0.3 is 9.84 Å². The molecule has 1 aliphatic heterocycles. The number of hydrogen-bond donors (Lipinski definition) is 1. The van der Waals surface area contributed by atoms with Gasteiger partial charge in [0.25, 0.3) is 11.8 Å². The van der Waals surface area contributed by atoms with Gasteiger partial charge in [-0.2, -0.15) is 0 Å². The highest BCUT2D eigenvalue weighted by Gasteiger charge is 2.35. The molecule has 0 saturated heterocycles. The number of phenols is 1. The van der Waals surface area contributed by atoms with Crippen LogP contribution in [0.4, 0.5) is 0 Å². The normalized spacial score (nSPS) is 13.1. The van der Waals surface area contributed by atoms with Crippen molar-refractivity contribution in [3.63, 3.8) is 0 Å². The Labute approximate surface area is 151 Å². The second-order valence-electron chi connectivity index (χ2n) is 6.19. The number of aromatic hydroxyl groups is 1. The summed E-state index contributed by atoms with van der Waals surface area (Å²) in [6.07, 6.45) is 0.667. The van der Waals surface area contributed by atoms with Crippen LogP contribution in [-0.2, 0) is 11.3 Å². The summed E-state index contributed by atoms with van der Waals surface area (Å²) in [5, 5.41) is 10.2. The van der Waals surface area contributed by atoms with Gasteiger partial charge in [0.15, 0.2) is 0 Å². The van der Waals surface area contributed by atoms with Crippen LogP contribution in [0.5, 0.6) is 5.75 Å². The van der Waals surface area contributed by atoms with Crippen molar-refractivity contribution in [3.05, 3.63) is 64.2 Å². The first-order valence-corrected chi connectivity index (χ1v) is 8.38. The number of imide groups is 1. The van der Waals surface area contributed by atoms with Crippen LogP contribution in [0, 0.1) is 6.92 Å². The zero-order valence-electron chi connectivity index (χ0n) is 14.6. The molecule has 3 rings (SSSR count). The molecule has 26 heavy (non-hydrogen) atoms. The summed E-state index contributed by atoms with van der Waals surface area (Å²) in [5.41, 5.74) is 1.82. The molecule has 2 amide bonds. The van der Waals surface area contributed by atoms with Gasteiger partial charge in [0, 0.05) is 0 Å². The molecule has 0 spiro atoms. The zero-order chi connectivity index (χ0) is 18.8. The maximum Gasteiger partial charge on any atom is 0.341 e. The van der Waals surface area contributed by atoms with E-state index in [0.717, 1.165) is 4.90 Å². The fraction of sp³-hybridized carbons (Fsp3) is 0.250. The Bertz CT molecular complexity index is 868. The Balaban J connectivity index is 1.89.